The van der Waals surface area contributed by atoms with Crippen LogP contribution in [-0.4, -0.2) is 25.1 Å². The molecule has 1 atom stereocenters. The molecule has 1 saturated heterocycles. The number of nitrogens with zero attached hydrogens (tertiary/aromatic N) is 2. The third kappa shape index (κ3) is 3.51. The first kappa shape index (κ1) is 15.3. The summed E-state index contributed by atoms with van der Waals surface area (Å²) >= 11 is 0. The van der Waals surface area contributed by atoms with Gasteiger partial charge in [0.2, 0.25) is 0 Å². The van der Waals surface area contributed by atoms with Gasteiger partial charge in [0, 0.05) is 25.3 Å². The Labute approximate surface area is 123 Å². The van der Waals surface area contributed by atoms with Crippen LogP contribution in [0.3, 0.4) is 0 Å². The molecule has 2 heterocycles. The zero-order valence-electron chi connectivity index (χ0n) is 13.6. The van der Waals surface area contributed by atoms with Gasteiger partial charge in [-0.2, -0.15) is 0 Å². The molecular weight excluding hydrogens is 246 g/mol. The van der Waals surface area contributed by atoms with Gasteiger partial charge in [-0.3, -0.25) is 0 Å². The number of anilines is 1. The van der Waals surface area contributed by atoms with Gasteiger partial charge in [0.25, 0.3) is 0 Å². The van der Waals surface area contributed by atoms with Crippen LogP contribution in [0.2, 0.25) is 0 Å². The van der Waals surface area contributed by atoms with E-state index >= 15 is 0 Å². The number of nitrogens with one attached hydrogen (secondary N) is 1. The number of pyridine rings is 1. The van der Waals surface area contributed by atoms with E-state index in [9.17, 15) is 0 Å². The van der Waals surface area contributed by atoms with Crippen LogP contribution < -0.4 is 10.2 Å². The molecule has 112 valence electrons. The highest BCUT2D eigenvalue weighted by Crippen LogP contribution is 2.35. The van der Waals surface area contributed by atoms with Crippen LogP contribution in [0.5, 0.6) is 0 Å². The fourth-order valence-electron chi connectivity index (χ4n) is 2.98. The Morgan fingerprint density at radius 3 is 2.35 bits per heavy atom. The predicted molar refractivity (Wildman–Crippen MR) is 86.1 cm³/mol. The molecule has 1 unspecified atom stereocenters. The van der Waals surface area contributed by atoms with Crippen molar-refractivity contribution in [2.45, 2.75) is 46.6 Å². The van der Waals surface area contributed by atoms with Gasteiger partial charge in [-0.25, -0.2) is 4.98 Å². The summed E-state index contributed by atoms with van der Waals surface area (Å²) in [6.45, 7) is 11.5. The smallest absolute Gasteiger partial charge is 0.128 e. The van der Waals surface area contributed by atoms with Crippen molar-refractivity contribution in [1.29, 1.82) is 0 Å². The van der Waals surface area contributed by atoms with E-state index in [1.54, 1.807) is 0 Å². The second-order valence-corrected chi connectivity index (χ2v) is 7.09. The normalized spacial score (nSPS) is 19.1. The van der Waals surface area contributed by atoms with Gasteiger partial charge < -0.3 is 10.2 Å². The van der Waals surface area contributed by atoms with E-state index < -0.39 is 0 Å². The van der Waals surface area contributed by atoms with Gasteiger partial charge in [0.15, 0.2) is 0 Å². The molecule has 3 heteroatoms. The van der Waals surface area contributed by atoms with Crippen molar-refractivity contribution >= 4 is 5.82 Å². The van der Waals surface area contributed by atoms with Crippen molar-refractivity contribution in [2.24, 2.45) is 11.3 Å². The highest BCUT2D eigenvalue weighted by molar-refractivity contribution is 5.40. The Bertz CT molecular complexity index is 411. The summed E-state index contributed by atoms with van der Waals surface area (Å²) in [6.07, 6.45) is 4.56. The summed E-state index contributed by atoms with van der Waals surface area (Å²) in [4.78, 5) is 7.07. The van der Waals surface area contributed by atoms with E-state index in [-0.39, 0.29) is 0 Å². The Morgan fingerprint density at radius 1 is 1.25 bits per heavy atom. The summed E-state index contributed by atoms with van der Waals surface area (Å²) in [6, 6.07) is 4.73. The maximum absolute atomic E-state index is 4.64. The first-order valence-electron chi connectivity index (χ1n) is 7.80. The number of hydrogen-bond acceptors (Lipinski definition) is 3. The molecule has 1 aromatic heterocycles. The van der Waals surface area contributed by atoms with E-state index in [1.165, 1.54) is 18.4 Å². The van der Waals surface area contributed by atoms with Gasteiger partial charge in [-0.15, -0.1) is 0 Å². The van der Waals surface area contributed by atoms with Gasteiger partial charge in [0.1, 0.15) is 5.82 Å². The molecule has 2 rings (SSSR count). The lowest BCUT2D eigenvalue weighted by Crippen LogP contribution is -2.38. The molecule has 0 aliphatic carbocycles. The Morgan fingerprint density at radius 2 is 1.90 bits per heavy atom. The average Bonchev–Trinajstić information content (AvgIpc) is 2.46. The second-order valence-electron chi connectivity index (χ2n) is 7.09. The molecule has 0 radical (unpaired) electrons. The average molecular weight is 275 g/mol. The lowest BCUT2D eigenvalue weighted by molar-refractivity contribution is 0.198. The van der Waals surface area contributed by atoms with Crippen LogP contribution in [0.4, 0.5) is 5.82 Å². The minimum Gasteiger partial charge on any atom is -0.357 e. The SMILES string of the molecule is CNC(C)c1ccc(N2CCC(C(C)(C)C)CC2)nc1. The Balaban J connectivity index is 1.97. The summed E-state index contributed by atoms with van der Waals surface area (Å²) in [5, 5.41) is 3.25. The number of piperidine rings is 1. The molecule has 3 nitrogen and oxygen atoms in total. The fraction of sp³-hybridized carbons (Fsp3) is 0.706. The molecule has 1 N–H and O–H groups in total. The third-order valence-corrected chi connectivity index (χ3v) is 4.75. The topological polar surface area (TPSA) is 28.2 Å². The van der Waals surface area contributed by atoms with Crippen molar-refractivity contribution in [3.63, 3.8) is 0 Å². The van der Waals surface area contributed by atoms with E-state index in [4.69, 9.17) is 0 Å². The predicted octanol–water partition coefficient (Wildman–Crippen LogP) is 3.62. The highest BCUT2D eigenvalue weighted by atomic mass is 15.2. The molecule has 20 heavy (non-hydrogen) atoms. The molecule has 1 aliphatic rings. The van der Waals surface area contributed by atoms with Crippen molar-refractivity contribution in [3.05, 3.63) is 23.9 Å². The number of rotatable bonds is 3. The van der Waals surface area contributed by atoms with Crippen LogP contribution >= 0.6 is 0 Å². The van der Waals surface area contributed by atoms with Crippen LogP contribution in [0.25, 0.3) is 0 Å². The molecule has 0 saturated carbocycles. The maximum atomic E-state index is 4.64. The van der Waals surface area contributed by atoms with Crippen molar-refractivity contribution in [3.8, 4) is 0 Å². The first-order chi connectivity index (χ1) is 9.41. The molecule has 1 aromatic rings. The lowest BCUT2D eigenvalue weighted by Gasteiger charge is -2.39. The van der Waals surface area contributed by atoms with Crippen molar-refractivity contribution < 1.29 is 0 Å². The van der Waals surface area contributed by atoms with Crippen LogP contribution in [0.1, 0.15) is 52.1 Å². The lowest BCUT2D eigenvalue weighted by atomic mass is 9.75. The van der Waals surface area contributed by atoms with Crippen LogP contribution in [0.15, 0.2) is 18.3 Å². The van der Waals surface area contributed by atoms with E-state index in [1.807, 2.05) is 13.2 Å². The van der Waals surface area contributed by atoms with Crippen LogP contribution in [-0.2, 0) is 0 Å². The second kappa shape index (κ2) is 6.13. The van der Waals surface area contributed by atoms with E-state index in [0.29, 0.717) is 11.5 Å². The molecule has 0 spiro atoms. The zero-order chi connectivity index (χ0) is 14.8. The molecule has 0 amide bonds. The van der Waals surface area contributed by atoms with Crippen molar-refractivity contribution in [1.82, 2.24) is 10.3 Å². The quantitative estimate of drug-likeness (QED) is 0.913. The zero-order valence-corrected chi connectivity index (χ0v) is 13.6. The largest absolute Gasteiger partial charge is 0.357 e. The van der Waals surface area contributed by atoms with Gasteiger partial charge >= 0.3 is 0 Å². The molecular formula is C17H29N3. The Kier molecular flexibility index (Phi) is 4.69. The fourth-order valence-corrected chi connectivity index (χ4v) is 2.98. The Hall–Kier alpha value is -1.09. The van der Waals surface area contributed by atoms with E-state index in [0.717, 1.165) is 24.8 Å². The van der Waals surface area contributed by atoms with Crippen LogP contribution in [0, 0.1) is 11.3 Å². The molecule has 1 fully saturated rings. The van der Waals surface area contributed by atoms with Gasteiger partial charge in [-0.05, 0) is 49.8 Å². The minimum absolute atomic E-state index is 0.364. The van der Waals surface area contributed by atoms with E-state index in [2.05, 4.69) is 55.0 Å². The maximum Gasteiger partial charge on any atom is 0.128 e. The number of hydrogen-bond donors (Lipinski definition) is 1. The molecule has 1 aliphatic heterocycles. The molecule has 0 aromatic carbocycles. The summed E-state index contributed by atoms with van der Waals surface area (Å²) in [5.74, 6) is 1.96. The third-order valence-electron chi connectivity index (χ3n) is 4.75. The van der Waals surface area contributed by atoms with Gasteiger partial charge in [0.05, 0.1) is 0 Å². The molecule has 0 bridgehead atoms. The number of aromatic nitrogens is 1. The minimum atomic E-state index is 0.364. The monoisotopic (exact) mass is 275 g/mol. The summed E-state index contributed by atoms with van der Waals surface area (Å²) in [5.41, 5.74) is 1.69. The van der Waals surface area contributed by atoms with Gasteiger partial charge in [-0.1, -0.05) is 26.8 Å². The summed E-state index contributed by atoms with van der Waals surface area (Å²) in [7, 11) is 1.98. The first-order valence-corrected chi connectivity index (χ1v) is 7.80. The highest BCUT2D eigenvalue weighted by Gasteiger charge is 2.29. The standard InChI is InChI=1S/C17H29N3/c1-13(18-5)14-6-7-16(19-12-14)20-10-8-15(9-11-20)17(2,3)4/h6-7,12-13,15,18H,8-11H2,1-5H3. The van der Waals surface area contributed by atoms with Crippen molar-refractivity contribution in [2.75, 3.05) is 25.0 Å². The summed E-state index contributed by atoms with van der Waals surface area (Å²) < 4.78 is 0.